The summed E-state index contributed by atoms with van der Waals surface area (Å²) in [5.41, 5.74) is 4.88. The molecule has 0 saturated heterocycles. The van der Waals surface area contributed by atoms with Gasteiger partial charge in [0.15, 0.2) is 0 Å². The Labute approximate surface area is 180 Å². The SMILES string of the molecule is COc1cc(OC)cc(C(=O)NN=Cc2ccccc2OCc2ccccc2C#N)c1. The zero-order valence-corrected chi connectivity index (χ0v) is 17.2. The molecule has 0 bridgehead atoms. The van der Waals surface area contributed by atoms with Gasteiger partial charge in [-0.15, -0.1) is 0 Å². The van der Waals surface area contributed by atoms with Gasteiger partial charge in [-0.1, -0.05) is 30.3 Å². The van der Waals surface area contributed by atoms with Crippen LogP contribution >= 0.6 is 0 Å². The van der Waals surface area contributed by atoms with Crippen molar-refractivity contribution in [3.63, 3.8) is 0 Å². The van der Waals surface area contributed by atoms with E-state index in [0.717, 1.165) is 5.56 Å². The Bertz CT molecular complexity index is 1110. The lowest BCUT2D eigenvalue weighted by Crippen LogP contribution is -2.17. The standard InChI is InChI=1S/C24H21N3O4/c1-29-21-11-20(12-22(13-21)30-2)24(28)27-26-15-18-8-5-6-10-23(18)31-16-19-9-4-3-7-17(19)14-25/h3-13,15H,16H2,1-2H3,(H,27,28). The van der Waals surface area contributed by atoms with E-state index in [1.54, 1.807) is 30.3 Å². The van der Waals surface area contributed by atoms with Crippen LogP contribution in [0.3, 0.4) is 0 Å². The minimum absolute atomic E-state index is 0.241. The van der Waals surface area contributed by atoms with Crippen molar-refractivity contribution in [2.45, 2.75) is 6.61 Å². The summed E-state index contributed by atoms with van der Waals surface area (Å²) in [5.74, 6) is 1.18. The maximum atomic E-state index is 12.4. The van der Waals surface area contributed by atoms with E-state index < -0.39 is 5.91 Å². The molecule has 0 aliphatic heterocycles. The van der Waals surface area contributed by atoms with Crippen molar-refractivity contribution < 1.29 is 19.0 Å². The van der Waals surface area contributed by atoms with E-state index in [4.69, 9.17) is 14.2 Å². The van der Waals surface area contributed by atoms with E-state index in [-0.39, 0.29) is 6.61 Å². The van der Waals surface area contributed by atoms with Gasteiger partial charge < -0.3 is 14.2 Å². The molecule has 1 N–H and O–H groups in total. The summed E-state index contributed by atoms with van der Waals surface area (Å²) in [6, 6.07) is 21.6. The van der Waals surface area contributed by atoms with Crippen LogP contribution in [0.4, 0.5) is 0 Å². The van der Waals surface area contributed by atoms with Crippen LogP contribution in [0.5, 0.6) is 17.2 Å². The third-order valence-electron chi connectivity index (χ3n) is 4.42. The molecule has 0 unspecified atom stereocenters. The van der Waals surface area contributed by atoms with Gasteiger partial charge in [-0.25, -0.2) is 5.43 Å². The predicted molar refractivity (Wildman–Crippen MR) is 117 cm³/mol. The van der Waals surface area contributed by atoms with Gasteiger partial charge in [0.25, 0.3) is 5.91 Å². The second-order valence-electron chi connectivity index (χ2n) is 6.40. The van der Waals surface area contributed by atoms with Gasteiger partial charge in [0.2, 0.25) is 0 Å². The van der Waals surface area contributed by atoms with Gasteiger partial charge in [-0.05, 0) is 30.3 Å². The van der Waals surface area contributed by atoms with Gasteiger partial charge in [0, 0.05) is 22.8 Å². The van der Waals surface area contributed by atoms with E-state index in [1.165, 1.54) is 20.4 Å². The summed E-state index contributed by atoms with van der Waals surface area (Å²) < 4.78 is 16.2. The van der Waals surface area contributed by atoms with E-state index in [9.17, 15) is 10.1 Å². The maximum Gasteiger partial charge on any atom is 0.271 e. The van der Waals surface area contributed by atoms with Gasteiger partial charge >= 0.3 is 0 Å². The quantitative estimate of drug-likeness (QED) is 0.445. The Morgan fingerprint density at radius 1 is 1.03 bits per heavy atom. The molecule has 1 amide bonds. The third kappa shape index (κ3) is 5.61. The number of hydrogen-bond acceptors (Lipinski definition) is 6. The van der Waals surface area contributed by atoms with Gasteiger partial charge in [0.05, 0.1) is 32.1 Å². The first-order valence-electron chi connectivity index (χ1n) is 9.41. The summed E-state index contributed by atoms with van der Waals surface area (Å²) in [4.78, 5) is 12.4. The first kappa shape index (κ1) is 21.4. The largest absolute Gasteiger partial charge is 0.497 e. The molecular formula is C24H21N3O4. The number of hydrazone groups is 1. The number of rotatable bonds is 8. The topological polar surface area (TPSA) is 92.9 Å². The van der Waals surface area contributed by atoms with E-state index in [0.29, 0.717) is 33.9 Å². The van der Waals surface area contributed by atoms with Crippen molar-refractivity contribution in [2.75, 3.05) is 14.2 Å². The molecule has 0 fully saturated rings. The number of carbonyl (C=O) groups is 1. The monoisotopic (exact) mass is 415 g/mol. The summed E-state index contributed by atoms with van der Waals surface area (Å²) in [7, 11) is 3.03. The van der Waals surface area contributed by atoms with Crippen LogP contribution in [0.25, 0.3) is 0 Å². The Hall–Kier alpha value is -4.31. The molecule has 0 heterocycles. The van der Waals surface area contributed by atoms with Crippen LogP contribution in [0.15, 0.2) is 71.8 Å². The van der Waals surface area contributed by atoms with Crippen molar-refractivity contribution in [1.29, 1.82) is 5.26 Å². The first-order valence-corrected chi connectivity index (χ1v) is 9.41. The molecule has 3 rings (SSSR count). The molecule has 156 valence electrons. The normalized spacial score (nSPS) is 10.4. The minimum Gasteiger partial charge on any atom is -0.497 e. The number of methoxy groups -OCH3 is 2. The van der Waals surface area contributed by atoms with Gasteiger partial charge in [-0.2, -0.15) is 10.4 Å². The summed E-state index contributed by atoms with van der Waals surface area (Å²) >= 11 is 0. The van der Waals surface area contributed by atoms with Crippen molar-refractivity contribution in [2.24, 2.45) is 5.10 Å². The highest BCUT2D eigenvalue weighted by atomic mass is 16.5. The van der Waals surface area contributed by atoms with Crippen LogP contribution in [0.2, 0.25) is 0 Å². The Morgan fingerprint density at radius 2 is 1.71 bits per heavy atom. The molecule has 31 heavy (non-hydrogen) atoms. The zero-order chi connectivity index (χ0) is 22.1. The molecule has 0 spiro atoms. The van der Waals surface area contributed by atoms with Crippen molar-refractivity contribution in [3.8, 4) is 23.3 Å². The Balaban J connectivity index is 1.69. The molecule has 0 aliphatic carbocycles. The van der Waals surface area contributed by atoms with Gasteiger partial charge in [-0.3, -0.25) is 4.79 Å². The smallest absolute Gasteiger partial charge is 0.271 e. The average Bonchev–Trinajstić information content (AvgIpc) is 2.83. The lowest BCUT2D eigenvalue weighted by Gasteiger charge is -2.10. The highest BCUT2D eigenvalue weighted by molar-refractivity contribution is 5.96. The van der Waals surface area contributed by atoms with Crippen LogP contribution < -0.4 is 19.6 Å². The Kier molecular flexibility index (Phi) is 7.22. The average molecular weight is 415 g/mol. The zero-order valence-electron chi connectivity index (χ0n) is 17.2. The number of carbonyl (C=O) groups excluding carboxylic acids is 1. The van der Waals surface area contributed by atoms with Crippen LogP contribution in [0, 0.1) is 11.3 Å². The maximum absolute atomic E-state index is 12.4. The third-order valence-corrected chi connectivity index (χ3v) is 4.42. The fourth-order valence-corrected chi connectivity index (χ4v) is 2.79. The number of benzene rings is 3. The van der Waals surface area contributed by atoms with Gasteiger partial charge in [0.1, 0.15) is 23.9 Å². The molecule has 0 atom stereocenters. The lowest BCUT2D eigenvalue weighted by molar-refractivity contribution is 0.0954. The minimum atomic E-state index is -0.408. The summed E-state index contributed by atoms with van der Waals surface area (Å²) in [6.45, 7) is 0.241. The number of amides is 1. The first-order chi connectivity index (χ1) is 15.1. The lowest BCUT2D eigenvalue weighted by atomic mass is 10.1. The molecule has 0 aromatic heterocycles. The summed E-state index contributed by atoms with van der Waals surface area (Å²) in [6.07, 6.45) is 1.50. The molecule has 0 aliphatic rings. The Morgan fingerprint density at radius 3 is 2.42 bits per heavy atom. The second kappa shape index (κ2) is 10.5. The number of nitriles is 1. The van der Waals surface area contributed by atoms with E-state index >= 15 is 0 Å². The van der Waals surface area contributed by atoms with Crippen LogP contribution in [-0.4, -0.2) is 26.3 Å². The van der Waals surface area contributed by atoms with E-state index in [1.807, 2.05) is 36.4 Å². The van der Waals surface area contributed by atoms with Crippen LogP contribution in [-0.2, 0) is 6.61 Å². The van der Waals surface area contributed by atoms with Crippen molar-refractivity contribution in [1.82, 2.24) is 5.43 Å². The predicted octanol–water partition coefficient (Wildman–Crippen LogP) is 3.92. The van der Waals surface area contributed by atoms with Crippen molar-refractivity contribution >= 4 is 12.1 Å². The number of nitrogens with one attached hydrogen (secondary N) is 1. The molecule has 0 radical (unpaired) electrons. The van der Waals surface area contributed by atoms with Crippen molar-refractivity contribution in [3.05, 3.63) is 89.0 Å². The molecule has 3 aromatic rings. The fourth-order valence-electron chi connectivity index (χ4n) is 2.79. The number of ether oxygens (including phenoxy) is 3. The van der Waals surface area contributed by atoms with E-state index in [2.05, 4.69) is 16.6 Å². The molecular weight excluding hydrogens is 394 g/mol. The molecule has 0 saturated carbocycles. The highest BCUT2D eigenvalue weighted by Gasteiger charge is 2.09. The molecule has 7 heteroatoms. The fraction of sp³-hybridized carbons (Fsp3) is 0.125. The molecule has 3 aromatic carbocycles. The number of hydrogen-bond donors (Lipinski definition) is 1. The second-order valence-corrected chi connectivity index (χ2v) is 6.40. The highest BCUT2D eigenvalue weighted by Crippen LogP contribution is 2.22. The number of nitrogens with zero attached hydrogens (tertiary/aromatic N) is 2. The summed E-state index contributed by atoms with van der Waals surface area (Å²) in [5, 5.41) is 13.3. The van der Waals surface area contributed by atoms with Crippen LogP contribution in [0.1, 0.15) is 27.0 Å². The molecule has 7 nitrogen and oxygen atoms in total. The number of para-hydroxylation sites is 1.